The summed E-state index contributed by atoms with van der Waals surface area (Å²) in [6.07, 6.45) is 5.86. The molecule has 0 fully saturated rings. The van der Waals surface area contributed by atoms with Crippen LogP contribution in [0.25, 0.3) is 6.08 Å². The van der Waals surface area contributed by atoms with Crippen molar-refractivity contribution in [3.63, 3.8) is 0 Å². The maximum atomic E-state index is 12.9. The molecule has 2 aromatic carbocycles. The van der Waals surface area contributed by atoms with Gasteiger partial charge in [0, 0.05) is 0 Å². The Bertz CT molecular complexity index is 775. The molecule has 0 aromatic heterocycles. The molecule has 2 aromatic rings. The van der Waals surface area contributed by atoms with E-state index in [1.807, 2.05) is 12.1 Å². The van der Waals surface area contributed by atoms with Gasteiger partial charge in [0.15, 0.2) is 0 Å². The molecule has 0 spiro atoms. The van der Waals surface area contributed by atoms with Crippen molar-refractivity contribution >= 4 is 15.9 Å². The molecule has 0 N–H and O–H groups in total. The van der Waals surface area contributed by atoms with Gasteiger partial charge in [-0.15, -0.1) is 0 Å². The molecule has 3 rings (SSSR count). The highest BCUT2D eigenvalue weighted by atomic mass is 32.2. The number of sulfone groups is 1. The molecule has 0 saturated heterocycles. The van der Waals surface area contributed by atoms with Gasteiger partial charge in [-0.1, -0.05) is 18.2 Å². The van der Waals surface area contributed by atoms with Gasteiger partial charge in [0.2, 0.25) is 9.84 Å². The number of aryl methyl sites for hydroxylation is 1. The lowest BCUT2D eigenvalue weighted by molar-refractivity contribution is 0.594. The zero-order valence-corrected chi connectivity index (χ0v) is 11.5. The number of benzene rings is 2. The van der Waals surface area contributed by atoms with Gasteiger partial charge < -0.3 is 0 Å². The van der Waals surface area contributed by atoms with E-state index in [0.29, 0.717) is 0 Å². The minimum atomic E-state index is -3.58. The highest BCUT2D eigenvalue weighted by molar-refractivity contribution is 7.91. The Hall–Kier alpha value is -1.94. The zero-order valence-electron chi connectivity index (χ0n) is 10.7. The van der Waals surface area contributed by atoms with Crippen LogP contribution in [0.4, 0.5) is 4.39 Å². The van der Waals surface area contributed by atoms with Gasteiger partial charge in [0.25, 0.3) is 0 Å². The molecule has 20 heavy (non-hydrogen) atoms. The van der Waals surface area contributed by atoms with Gasteiger partial charge in [-0.2, -0.15) is 0 Å². The van der Waals surface area contributed by atoms with Crippen molar-refractivity contribution in [2.24, 2.45) is 0 Å². The van der Waals surface area contributed by atoms with Crippen molar-refractivity contribution in [1.82, 2.24) is 0 Å². The largest absolute Gasteiger partial charge is 0.219 e. The number of rotatable bonds is 2. The second-order valence-electron chi connectivity index (χ2n) is 4.76. The van der Waals surface area contributed by atoms with Gasteiger partial charge in [-0.05, 0) is 60.4 Å². The fourth-order valence-corrected chi connectivity index (χ4v) is 3.64. The summed E-state index contributed by atoms with van der Waals surface area (Å²) in [6.45, 7) is 0. The first-order chi connectivity index (χ1) is 9.57. The van der Waals surface area contributed by atoms with Crippen LogP contribution in [0, 0.1) is 5.82 Å². The zero-order chi connectivity index (χ0) is 14.2. The summed E-state index contributed by atoms with van der Waals surface area (Å²) >= 11 is 0. The second kappa shape index (κ2) is 4.87. The molecule has 1 aliphatic rings. The van der Waals surface area contributed by atoms with E-state index in [1.165, 1.54) is 12.1 Å². The first-order valence-corrected chi connectivity index (χ1v) is 7.86. The maximum absolute atomic E-state index is 12.9. The number of fused-ring (bicyclic) bond motifs is 1. The molecule has 0 atom stereocenters. The van der Waals surface area contributed by atoms with Gasteiger partial charge in [0.1, 0.15) is 5.82 Å². The lowest BCUT2D eigenvalue weighted by Gasteiger charge is -2.12. The van der Waals surface area contributed by atoms with Crippen LogP contribution in [0.3, 0.4) is 0 Å². The minimum absolute atomic E-state index is 0.116. The first kappa shape index (κ1) is 13.1. The Kier molecular flexibility index (Phi) is 3.18. The van der Waals surface area contributed by atoms with Gasteiger partial charge in [-0.25, -0.2) is 12.8 Å². The van der Waals surface area contributed by atoms with Crippen molar-refractivity contribution in [2.45, 2.75) is 22.6 Å². The number of hydrogen-bond donors (Lipinski definition) is 0. The number of halogens is 1. The molecule has 0 amide bonds. The molecular weight excluding hydrogens is 275 g/mol. The fraction of sp³-hybridized carbons (Fsp3) is 0.125. The average Bonchev–Trinajstić information content (AvgIpc) is 2.47. The van der Waals surface area contributed by atoms with Crippen LogP contribution in [0.2, 0.25) is 0 Å². The topological polar surface area (TPSA) is 34.1 Å². The normalized spacial score (nSPS) is 14.1. The molecule has 4 heteroatoms. The van der Waals surface area contributed by atoms with Crippen molar-refractivity contribution < 1.29 is 12.8 Å². The Morgan fingerprint density at radius 1 is 0.950 bits per heavy atom. The third-order valence-electron chi connectivity index (χ3n) is 3.43. The van der Waals surface area contributed by atoms with E-state index in [2.05, 4.69) is 6.08 Å². The van der Waals surface area contributed by atoms with Crippen LogP contribution >= 0.6 is 0 Å². The lowest BCUT2D eigenvalue weighted by atomic mass is 9.98. The SMILES string of the molecule is O=S(=O)(c1ccc(F)cc1)c1ccc2c(c1)CCC=C2. The van der Waals surface area contributed by atoms with Crippen LogP contribution in [0.1, 0.15) is 17.5 Å². The summed E-state index contributed by atoms with van der Waals surface area (Å²) < 4.78 is 37.9. The monoisotopic (exact) mass is 288 g/mol. The Labute approximate surface area is 117 Å². The van der Waals surface area contributed by atoms with Crippen LogP contribution in [0.15, 0.2) is 58.3 Å². The highest BCUT2D eigenvalue weighted by Gasteiger charge is 2.19. The van der Waals surface area contributed by atoms with Crippen molar-refractivity contribution in [2.75, 3.05) is 0 Å². The predicted octanol–water partition coefficient (Wildman–Crippen LogP) is 3.62. The molecule has 2 nitrogen and oxygen atoms in total. The van der Waals surface area contributed by atoms with Crippen molar-refractivity contribution in [1.29, 1.82) is 0 Å². The van der Waals surface area contributed by atoms with E-state index >= 15 is 0 Å². The van der Waals surface area contributed by atoms with Crippen LogP contribution in [0.5, 0.6) is 0 Å². The molecular formula is C16H13FO2S. The fourth-order valence-electron chi connectivity index (χ4n) is 2.33. The Morgan fingerprint density at radius 2 is 1.65 bits per heavy atom. The predicted molar refractivity (Wildman–Crippen MR) is 75.6 cm³/mol. The summed E-state index contributed by atoms with van der Waals surface area (Å²) in [5.74, 6) is -0.445. The van der Waals surface area contributed by atoms with Gasteiger partial charge in [0.05, 0.1) is 9.79 Å². The van der Waals surface area contributed by atoms with E-state index in [4.69, 9.17) is 0 Å². The van der Waals surface area contributed by atoms with Crippen molar-refractivity contribution in [3.05, 3.63) is 65.5 Å². The third kappa shape index (κ3) is 2.27. The summed E-state index contributed by atoms with van der Waals surface area (Å²) in [5, 5.41) is 0. The first-order valence-electron chi connectivity index (χ1n) is 6.37. The number of hydrogen-bond acceptors (Lipinski definition) is 2. The summed E-state index contributed by atoms with van der Waals surface area (Å²) in [7, 11) is -3.58. The summed E-state index contributed by atoms with van der Waals surface area (Å²) in [6, 6.07) is 10.1. The molecule has 0 aliphatic heterocycles. The van der Waals surface area contributed by atoms with Gasteiger partial charge >= 0.3 is 0 Å². The summed E-state index contributed by atoms with van der Waals surface area (Å²) in [4.78, 5) is 0.378. The third-order valence-corrected chi connectivity index (χ3v) is 5.19. The van der Waals surface area contributed by atoms with Crippen LogP contribution in [-0.2, 0) is 16.3 Å². The number of allylic oxidation sites excluding steroid dienone is 1. The van der Waals surface area contributed by atoms with E-state index < -0.39 is 15.7 Å². The standard InChI is InChI=1S/C16H13FO2S/c17-14-6-9-15(10-7-14)20(18,19)16-8-5-12-3-1-2-4-13(12)11-16/h1,3,5-11H,2,4H2. The molecule has 0 bridgehead atoms. The van der Waals surface area contributed by atoms with E-state index in [0.717, 1.165) is 36.1 Å². The van der Waals surface area contributed by atoms with Crippen LogP contribution < -0.4 is 0 Å². The Balaban J connectivity index is 2.08. The Morgan fingerprint density at radius 3 is 2.40 bits per heavy atom. The molecule has 0 saturated carbocycles. The summed E-state index contributed by atoms with van der Waals surface area (Å²) in [5.41, 5.74) is 2.10. The van der Waals surface area contributed by atoms with Gasteiger partial charge in [-0.3, -0.25) is 0 Å². The smallest absolute Gasteiger partial charge is 0.206 e. The lowest BCUT2D eigenvalue weighted by Crippen LogP contribution is -2.04. The second-order valence-corrected chi connectivity index (χ2v) is 6.71. The van der Waals surface area contributed by atoms with Crippen molar-refractivity contribution in [3.8, 4) is 0 Å². The maximum Gasteiger partial charge on any atom is 0.206 e. The highest BCUT2D eigenvalue weighted by Crippen LogP contribution is 2.26. The molecule has 0 radical (unpaired) electrons. The van der Waals surface area contributed by atoms with Crippen LogP contribution in [-0.4, -0.2) is 8.42 Å². The quantitative estimate of drug-likeness (QED) is 0.791. The molecule has 1 aliphatic carbocycles. The van der Waals surface area contributed by atoms with E-state index in [-0.39, 0.29) is 9.79 Å². The molecule has 102 valence electrons. The average molecular weight is 288 g/mol. The van der Waals surface area contributed by atoms with E-state index in [9.17, 15) is 12.8 Å². The molecule has 0 unspecified atom stereocenters. The molecule has 0 heterocycles. The van der Waals surface area contributed by atoms with E-state index in [1.54, 1.807) is 12.1 Å². The minimum Gasteiger partial charge on any atom is -0.219 e.